The zero-order valence-corrected chi connectivity index (χ0v) is 21.8. The summed E-state index contributed by atoms with van der Waals surface area (Å²) < 4.78 is 14.6. The van der Waals surface area contributed by atoms with Crippen molar-refractivity contribution in [3.05, 3.63) is 59.2 Å². The number of amides is 3. The number of aromatic nitrogens is 1. The predicted molar refractivity (Wildman–Crippen MR) is 140 cm³/mol. The van der Waals surface area contributed by atoms with Gasteiger partial charge in [-0.05, 0) is 55.0 Å². The molecule has 1 aliphatic carbocycles. The van der Waals surface area contributed by atoms with Crippen molar-refractivity contribution >= 4 is 23.4 Å². The van der Waals surface area contributed by atoms with Gasteiger partial charge in [0.2, 0.25) is 0 Å². The number of Topliss-reactive ketones (excluding diaryl/α,β-unsaturated/α-hetero) is 1. The maximum absolute atomic E-state index is 14.6. The molecular weight excluding hydrogens is 473 g/mol. The van der Waals surface area contributed by atoms with Crippen molar-refractivity contribution in [3.63, 3.8) is 0 Å². The second kappa shape index (κ2) is 11.4. The number of rotatable bonds is 7. The van der Waals surface area contributed by atoms with Crippen LogP contribution in [0, 0.1) is 11.2 Å². The van der Waals surface area contributed by atoms with Gasteiger partial charge in [-0.3, -0.25) is 14.5 Å². The standard InChI is InChI=1S/C28H36FN5O3/c1-28(2,3)17-25(35)24-9-5-8-21(30-24)18-33-12-14-34(15-13-33)26(36)19-10-11-23(22(29)16-19)32-27(37)31-20-6-4-7-20/h5,8-11,16,20H,4,6-7,12-15,17-18H2,1-3H3,(H2,31,32,37). The fourth-order valence-electron chi connectivity index (χ4n) is 4.46. The molecule has 0 atom stereocenters. The number of benzene rings is 1. The summed E-state index contributed by atoms with van der Waals surface area (Å²) in [6.07, 6.45) is 3.41. The van der Waals surface area contributed by atoms with Gasteiger partial charge in [0.05, 0.1) is 11.4 Å². The molecule has 1 aromatic carbocycles. The quantitative estimate of drug-likeness (QED) is 0.537. The Morgan fingerprint density at radius 2 is 1.78 bits per heavy atom. The lowest BCUT2D eigenvalue weighted by molar-refractivity contribution is 0.0626. The molecule has 1 aromatic heterocycles. The van der Waals surface area contributed by atoms with E-state index in [0.717, 1.165) is 25.0 Å². The third kappa shape index (κ3) is 7.35. The molecule has 1 saturated heterocycles. The van der Waals surface area contributed by atoms with Crippen molar-refractivity contribution in [1.82, 2.24) is 20.1 Å². The minimum Gasteiger partial charge on any atom is -0.336 e. The highest BCUT2D eigenvalue weighted by Crippen LogP contribution is 2.22. The first-order chi connectivity index (χ1) is 17.6. The Hall–Kier alpha value is -3.33. The molecule has 2 aliphatic rings. The molecule has 1 saturated carbocycles. The van der Waals surface area contributed by atoms with Crippen LogP contribution in [0.3, 0.4) is 0 Å². The van der Waals surface area contributed by atoms with Crippen LogP contribution in [0.5, 0.6) is 0 Å². The minimum atomic E-state index is -0.639. The molecule has 0 bridgehead atoms. The Balaban J connectivity index is 1.28. The van der Waals surface area contributed by atoms with Gasteiger partial charge < -0.3 is 15.5 Å². The van der Waals surface area contributed by atoms with E-state index in [-0.39, 0.29) is 34.4 Å². The SMILES string of the molecule is CC(C)(C)CC(=O)c1cccc(CN2CCN(C(=O)c3ccc(NC(=O)NC4CCC4)c(F)c3)CC2)n1. The second-order valence-corrected chi connectivity index (χ2v) is 11.2. The normalized spacial score (nSPS) is 16.7. The number of piperazine rings is 1. The lowest BCUT2D eigenvalue weighted by Gasteiger charge is -2.34. The number of nitrogens with one attached hydrogen (secondary N) is 2. The highest BCUT2D eigenvalue weighted by Gasteiger charge is 2.25. The first kappa shape index (κ1) is 26.7. The molecule has 37 heavy (non-hydrogen) atoms. The number of urea groups is 1. The van der Waals surface area contributed by atoms with E-state index >= 15 is 0 Å². The monoisotopic (exact) mass is 509 g/mol. The van der Waals surface area contributed by atoms with Crippen LogP contribution in [-0.2, 0) is 6.54 Å². The average molecular weight is 510 g/mol. The number of nitrogens with zero attached hydrogens (tertiary/aromatic N) is 3. The fourth-order valence-corrected chi connectivity index (χ4v) is 4.46. The van der Waals surface area contributed by atoms with E-state index in [4.69, 9.17) is 0 Å². The number of halogens is 1. The lowest BCUT2D eigenvalue weighted by atomic mass is 9.89. The van der Waals surface area contributed by atoms with Crippen LogP contribution in [0.2, 0.25) is 0 Å². The molecule has 2 aromatic rings. The lowest BCUT2D eigenvalue weighted by Crippen LogP contribution is -2.48. The molecule has 4 rings (SSSR count). The molecule has 2 fully saturated rings. The fraction of sp³-hybridized carbons (Fsp3) is 0.500. The summed E-state index contributed by atoms with van der Waals surface area (Å²) >= 11 is 0. The van der Waals surface area contributed by atoms with Crippen molar-refractivity contribution < 1.29 is 18.8 Å². The summed E-state index contributed by atoms with van der Waals surface area (Å²) in [5.74, 6) is -0.839. The summed E-state index contributed by atoms with van der Waals surface area (Å²) in [6, 6.07) is 9.40. The Labute approximate surface area is 217 Å². The molecule has 0 radical (unpaired) electrons. The molecule has 0 spiro atoms. The van der Waals surface area contributed by atoms with Crippen molar-refractivity contribution in [2.45, 2.75) is 59.0 Å². The second-order valence-electron chi connectivity index (χ2n) is 11.2. The first-order valence-electron chi connectivity index (χ1n) is 13.0. The van der Waals surface area contributed by atoms with Gasteiger partial charge in [-0.1, -0.05) is 26.8 Å². The van der Waals surface area contributed by atoms with E-state index in [1.54, 1.807) is 17.0 Å². The molecule has 1 aliphatic heterocycles. The van der Waals surface area contributed by atoms with Crippen LogP contribution in [0.1, 0.15) is 73.0 Å². The molecule has 198 valence electrons. The summed E-state index contributed by atoms with van der Waals surface area (Å²) in [4.78, 5) is 46.0. The zero-order chi connectivity index (χ0) is 26.6. The van der Waals surface area contributed by atoms with Gasteiger partial charge in [0.25, 0.3) is 5.91 Å². The predicted octanol–water partition coefficient (Wildman–Crippen LogP) is 4.47. The van der Waals surface area contributed by atoms with E-state index in [9.17, 15) is 18.8 Å². The molecule has 3 amide bonds. The number of ketones is 1. The van der Waals surface area contributed by atoms with Crippen LogP contribution in [0.15, 0.2) is 36.4 Å². The maximum Gasteiger partial charge on any atom is 0.319 e. The number of hydrogen-bond donors (Lipinski definition) is 2. The Morgan fingerprint density at radius 3 is 2.41 bits per heavy atom. The molecule has 8 nitrogen and oxygen atoms in total. The molecule has 0 unspecified atom stereocenters. The van der Waals surface area contributed by atoms with Crippen LogP contribution in [-0.4, -0.2) is 64.7 Å². The van der Waals surface area contributed by atoms with Crippen molar-refractivity contribution in [1.29, 1.82) is 0 Å². The minimum absolute atomic E-state index is 0.0391. The van der Waals surface area contributed by atoms with E-state index in [1.807, 2.05) is 32.9 Å². The van der Waals surface area contributed by atoms with Gasteiger partial charge in [-0.15, -0.1) is 0 Å². The Kier molecular flexibility index (Phi) is 8.22. The molecule has 9 heteroatoms. The zero-order valence-electron chi connectivity index (χ0n) is 21.8. The maximum atomic E-state index is 14.6. The van der Waals surface area contributed by atoms with Crippen LogP contribution in [0.25, 0.3) is 0 Å². The van der Waals surface area contributed by atoms with Gasteiger partial charge in [0.15, 0.2) is 5.78 Å². The topological polar surface area (TPSA) is 94.6 Å². The Morgan fingerprint density at radius 1 is 1.05 bits per heavy atom. The highest BCUT2D eigenvalue weighted by molar-refractivity contribution is 5.96. The van der Waals surface area contributed by atoms with Gasteiger partial charge in [0.1, 0.15) is 11.5 Å². The number of carbonyl (C=O) groups is 3. The summed E-state index contributed by atoms with van der Waals surface area (Å²) in [6.45, 7) is 9.00. The molecule has 2 heterocycles. The molecular formula is C28H36FN5O3. The van der Waals surface area contributed by atoms with Gasteiger partial charge >= 0.3 is 6.03 Å². The van der Waals surface area contributed by atoms with Crippen molar-refractivity contribution in [2.75, 3.05) is 31.5 Å². The van der Waals surface area contributed by atoms with E-state index < -0.39 is 11.8 Å². The van der Waals surface area contributed by atoms with E-state index in [1.165, 1.54) is 12.1 Å². The average Bonchev–Trinajstić information content (AvgIpc) is 2.82. The first-order valence-corrected chi connectivity index (χ1v) is 13.0. The number of carbonyl (C=O) groups excluding carboxylic acids is 3. The Bertz CT molecular complexity index is 1150. The molecule has 2 N–H and O–H groups in total. The van der Waals surface area contributed by atoms with Crippen LogP contribution >= 0.6 is 0 Å². The summed E-state index contributed by atoms with van der Waals surface area (Å²) in [5, 5.41) is 5.32. The third-order valence-corrected chi connectivity index (χ3v) is 6.73. The number of anilines is 1. The third-order valence-electron chi connectivity index (χ3n) is 6.73. The van der Waals surface area contributed by atoms with Gasteiger partial charge in [-0.25, -0.2) is 14.2 Å². The summed E-state index contributed by atoms with van der Waals surface area (Å²) in [5.41, 5.74) is 1.52. The number of hydrogen-bond acceptors (Lipinski definition) is 5. The highest BCUT2D eigenvalue weighted by atomic mass is 19.1. The largest absolute Gasteiger partial charge is 0.336 e. The van der Waals surface area contributed by atoms with Crippen molar-refractivity contribution in [2.24, 2.45) is 5.41 Å². The van der Waals surface area contributed by atoms with Crippen LogP contribution in [0.4, 0.5) is 14.9 Å². The van der Waals surface area contributed by atoms with Crippen LogP contribution < -0.4 is 10.6 Å². The number of pyridine rings is 1. The van der Waals surface area contributed by atoms with E-state index in [0.29, 0.717) is 44.8 Å². The van der Waals surface area contributed by atoms with E-state index in [2.05, 4.69) is 20.5 Å². The summed E-state index contributed by atoms with van der Waals surface area (Å²) in [7, 11) is 0. The van der Waals surface area contributed by atoms with Gasteiger partial charge in [-0.2, -0.15) is 0 Å². The van der Waals surface area contributed by atoms with Crippen molar-refractivity contribution in [3.8, 4) is 0 Å². The smallest absolute Gasteiger partial charge is 0.319 e. The van der Waals surface area contributed by atoms with Gasteiger partial charge in [0, 0.05) is 50.7 Å².